The second-order valence-corrected chi connectivity index (χ2v) is 3.99. The van der Waals surface area contributed by atoms with E-state index in [1.807, 2.05) is 12.1 Å². The number of hydrogen-bond donors (Lipinski definition) is 0. The number of hydrogen-bond acceptors (Lipinski definition) is 2. The van der Waals surface area contributed by atoms with Gasteiger partial charge in [-0.05, 0) is 36.1 Å². The zero-order chi connectivity index (χ0) is 10.8. The summed E-state index contributed by atoms with van der Waals surface area (Å²) in [6.07, 6.45) is 2.44. The van der Waals surface area contributed by atoms with Crippen molar-refractivity contribution in [2.45, 2.75) is 32.1 Å². The summed E-state index contributed by atoms with van der Waals surface area (Å²) < 4.78 is 5.19. The summed E-state index contributed by atoms with van der Waals surface area (Å²) in [5.74, 6) is 1.38. The van der Waals surface area contributed by atoms with E-state index in [9.17, 15) is 4.79 Å². The first-order valence-corrected chi connectivity index (χ1v) is 5.45. The molecule has 1 aromatic carbocycles. The minimum Gasteiger partial charge on any atom is -0.497 e. The molecule has 1 aliphatic carbocycles. The van der Waals surface area contributed by atoms with Crippen LogP contribution in [0.15, 0.2) is 18.2 Å². The van der Waals surface area contributed by atoms with Gasteiger partial charge < -0.3 is 4.74 Å². The highest BCUT2D eigenvalue weighted by molar-refractivity contribution is 5.88. The fourth-order valence-electron chi connectivity index (χ4n) is 2.32. The van der Waals surface area contributed by atoms with E-state index in [-0.39, 0.29) is 5.92 Å². The molecule has 0 aromatic heterocycles. The summed E-state index contributed by atoms with van der Waals surface area (Å²) in [7, 11) is 1.67. The van der Waals surface area contributed by atoms with Crippen LogP contribution in [-0.2, 0) is 11.2 Å². The van der Waals surface area contributed by atoms with E-state index in [0.29, 0.717) is 12.2 Å². The fraction of sp³-hybridized carbons (Fsp3) is 0.462. The number of methoxy groups -OCH3 is 1. The highest BCUT2D eigenvalue weighted by Gasteiger charge is 2.25. The smallest absolute Gasteiger partial charge is 0.140 e. The standard InChI is InChI=1S/C13H16O2/c1-3-11-12-6-5-10(15-2)8-9(12)4-7-13(11)14/h5-6,8,11H,3-4,7H2,1-2H3. The molecule has 2 heteroatoms. The van der Waals surface area contributed by atoms with Crippen molar-refractivity contribution in [3.63, 3.8) is 0 Å². The van der Waals surface area contributed by atoms with Crippen LogP contribution in [-0.4, -0.2) is 12.9 Å². The maximum Gasteiger partial charge on any atom is 0.140 e. The Labute approximate surface area is 90.3 Å². The Kier molecular flexibility index (Phi) is 2.76. The van der Waals surface area contributed by atoms with E-state index < -0.39 is 0 Å². The second-order valence-electron chi connectivity index (χ2n) is 3.99. The molecule has 2 rings (SSSR count). The lowest BCUT2D eigenvalue weighted by molar-refractivity contribution is -0.121. The Morgan fingerprint density at radius 1 is 1.40 bits per heavy atom. The number of fused-ring (bicyclic) bond motifs is 1. The van der Waals surface area contributed by atoms with Gasteiger partial charge >= 0.3 is 0 Å². The summed E-state index contributed by atoms with van der Waals surface area (Å²) >= 11 is 0. The molecule has 1 atom stereocenters. The van der Waals surface area contributed by atoms with Crippen molar-refractivity contribution in [2.75, 3.05) is 7.11 Å². The predicted octanol–water partition coefficient (Wildman–Crippen LogP) is 2.70. The van der Waals surface area contributed by atoms with Gasteiger partial charge in [0.25, 0.3) is 0 Å². The van der Waals surface area contributed by atoms with Crippen molar-refractivity contribution >= 4 is 5.78 Å². The SMILES string of the molecule is CCC1C(=O)CCc2cc(OC)ccc21. The molecule has 0 fully saturated rings. The van der Waals surface area contributed by atoms with Gasteiger partial charge in [-0.3, -0.25) is 4.79 Å². The van der Waals surface area contributed by atoms with Crippen molar-refractivity contribution < 1.29 is 9.53 Å². The first kappa shape index (κ1) is 10.2. The molecule has 0 saturated carbocycles. The van der Waals surface area contributed by atoms with Gasteiger partial charge in [-0.2, -0.15) is 0 Å². The van der Waals surface area contributed by atoms with Crippen molar-refractivity contribution in [2.24, 2.45) is 0 Å². The van der Waals surface area contributed by atoms with Crippen LogP contribution >= 0.6 is 0 Å². The lowest BCUT2D eigenvalue weighted by Crippen LogP contribution is -2.19. The first-order valence-electron chi connectivity index (χ1n) is 5.45. The molecule has 0 bridgehead atoms. The number of aryl methyl sites for hydroxylation is 1. The van der Waals surface area contributed by atoms with Gasteiger partial charge in [0.1, 0.15) is 11.5 Å². The molecule has 80 valence electrons. The Hall–Kier alpha value is -1.31. The molecule has 0 aliphatic heterocycles. The van der Waals surface area contributed by atoms with Crippen LogP contribution in [0.4, 0.5) is 0 Å². The lowest BCUT2D eigenvalue weighted by atomic mass is 9.80. The van der Waals surface area contributed by atoms with Crippen LogP contribution < -0.4 is 4.74 Å². The van der Waals surface area contributed by atoms with Crippen molar-refractivity contribution in [3.05, 3.63) is 29.3 Å². The first-order chi connectivity index (χ1) is 7.26. The van der Waals surface area contributed by atoms with Gasteiger partial charge in [-0.25, -0.2) is 0 Å². The molecular weight excluding hydrogens is 188 g/mol. The molecule has 1 aliphatic rings. The molecule has 15 heavy (non-hydrogen) atoms. The quantitative estimate of drug-likeness (QED) is 0.740. The van der Waals surface area contributed by atoms with Gasteiger partial charge in [0.15, 0.2) is 0 Å². The summed E-state index contributed by atoms with van der Waals surface area (Å²) in [6.45, 7) is 2.07. The molecule has 1 unspecified atom stereocenters. The molecule has 0 spiro atoms. The topological polar surface area (TPSA) is 26.3 Å². The summed E-state index contributed by atoms with van der Waals surface area (Å²) in [5, 5.41) is 0. The van der Waals surface area contributed by atoms with E-state index in [2.05, 4.69) is 13.0 Å². The Bertz CT molecular complexity index is 382. The lowest BCUT2D eigenvalue weighted by Gasteiger charge is -2.23. The average molecular weight is 204 g/mol. The van der Waals surface area contributed by atoms with Crippen LogP contribution in [0.2, 0.25) is 0 Å². The van der Waals surface area contributed by atoms with Crippen LogP contribution in [0, 0.1) is 0 Å². The average Bonchev–Trinajstić information content (AvgIpc) is 2.28. The molecule has 0 heterocycles. The second kappa shape index (κ2) is 4.05. The Morgan fingerprint density at radius 3 is 2.87 bits per heavy atom. The molecule has 0 saturated heterocycles. The zero-order valence-electron chi connectivity index (χ0n) is 9.25. The summed E-state index contributed by atoms with van der Waals surface area (Å²) in [6, 6.07) is 6.05. The van der Waals surface area contributed by atoms with Gasteiger partial charge in [0, 0.05) is 12.3 Å². The third kappa shape index (κ3) is 1.76. The minimum atomic E-state index is 0.111. The van der Waals surface area contributed by atoms with Crippen molar-refractivity contribution in [1.29, 1.82) is 0 Å². The van der Waals surface area contributed by atoms with Gasteiger partial charge in [-0.1, -0.05) is 13.0 Å². The highest BCUT2D eigenvalue weighted by Crippen LogP contribution is 2.33. The van der Waals surface area contributed by atoms with E-state index in [4.69, 9.17) is 4.74 Å². The molecule has 2 nitrogen and oxygen atoms in total. The third-order valence-electron chi connectivity index (χ3n) is 3.16. The van der Waals surface area contributed by atoms with Crippen molar-refractivity contribution in [1.82, 2.24) is 0 Å². The number of Topliss-reactive ketones (excluding diaryl/α,β-unsaturated/α-hetero) is 1. The maximum absolute atomic E-state index is 11.7. The fourth-order valence-corrected chi connectivity index (χ4v) is 2.32. The van der Waals surface area contributed by atoms with E-state index >= 15 is 0 Å². The largest absolute Gasteiger partial charge is 0.497 e. The number of carbonyl (C=O) groups excluding carboxylic acids is 1. The normalized spacial score (nSPS) is 19.9. The van der Waals surface area contributed by atoms with Crippen LogP contribution in [0.5, 0.6) is 5.75 Å². The number of ether oxygens (including phenoxy) is 1. The van der Waals surface area contributed by atoms with Crippen LogP contribution in [0.1, 0.15) is 36.8 Å². The molecule has 0 N–H and O–H groups in total. The Morgan fingerprint density at radius 2 is 2.20 bits per heavy atom. The van der Waals surface area contributed by atoms with E-state index in [0.717, 1.165) is 18.6 Å². The highest BCUT2D eigenvalue weighted by atomic mass is 16.5. The third-order valence-corrected chi connectivity index (χ3v) is 3.16. The van der Waals surface area contributed by atoms with Gasteiger partial charge in [0.2, 0.25) is 0 Å². The van der Waals surface area contributed by atoms with Crippen LogP contribution in [0.3, 0.4) is 0 Å². The Balaban J connectivity index is 2.42. The molecule has 0 amide bonds. The van der Waals surface area contributed by atoms with E-state index in [1.165, 1.54) is 11.1 Å². The monoisotopic (exact) mass is 204 g/mol. The molecule has 0 radical (unpaired) electrons. The number of rotatable bonds is 2. The number of ketones is 1. The van der Waals surface area contributed by atoms with Crippen molar-refractivity contribution in [3.8, 4) is 5.75 Å². The summed E-state index contributed by atoms with van der Waals surface area (Å²) in [4.78, 5) is 11.7. The van der Waals surface area contributed by atoms with E-state index in [1.54, 1.807) is 7.11 Å². The molecular formula is C13H16O2. The van der Waals surface area contributed by atoms with Gasteiger partial charge in [0.05, 0.1) is 7.11 Å². The predicted molar refractivity (Wildman–Crippen MR) is 59.4 cm³/mol. The van der Waals surface area contributed by atoms with Crippen LogP contribution in [0.25, 0.3) is 0 Å². The van der Waals surface area contributed by atoms with Gasteiger partial charge in [-0.15, -0.1) is 0 Å². The minimum absolute atomic E-state index is 0.111. The zero-order valence-corrected chi connectivity index (χ0v) is 9.25. The molecule has 1 aromatic rings. The number of benzene rings is 1. The summed E-state index contributed by atoms with van der Waals surface area (Å²) in [5.41, 5.74) is 2.48. The number of carbonyl (C=O) groups is 1. The maximum atomic E-state index is 11.7.